The molecule has 2 aromatic carbocycles. The highest BCUT2D eigenvalue weighted by atomic mass is 16.5. The van der Waals surface area contributed by atoms with Crippen LogP contribution >= 0.6 is 0 Å². The smallest absolute Gasteiger partial charge is 0.222 e. The quantitative estimate of drug-likeness (QED) is 0.781. The van der Waals surface area contributed by atoms with Crippen molar-refractivity contribution in [3.05, 3.63) is 53.6 Å². The number of benzene rings is 2. The lowest BCUT2D eigenvalue weighted by Gasteiger charge is -2.12. The lowest BCUT2D eigenvalue weighted by Crippen LogP contribution is -2.24. The van der Waals surface area contributed by atoms with Crippen molar-refractivity contribution in [2.24, 2.45) is 0 Å². The molecule has 5 heteroatoms. The van der Waals surface area contributed by atoms with Crippen LogP contribution in [0.2, 0.25) is 0 Å². The molecule has 5 nitrogen and oxygen atoms in total. The Labute approximate surface area is 143 Å². The normalized spacial score (nSPS) is 10.1. The first-order valence-electron chi connectivity index (χ1n) is 7.90. The van der Waals surface area contributed by atoms with Crippen LogP contribution in [0.5, 0.6) is 11.5 Å². The van der Waals surface area contributed by atoms with Crippen molar-refractivity contribution in [1.29, 1.82) is 0 Å². The van der Waals surface area contributed by atoms with Gasteiger partial charge in [0.05, 0.1) is 19.9 Å². The summed E-state index contributed by atoms with van der Waals surface area (Å²) in [6.07, 6.45) is 0.390. The van der Waals surface area contributed by atoms with E-state index in [1.165, 1.54) is 5.56 Å². The van der Waals surface area contributed by atoms with Crippen LogP contribution in [0, 0.1) is 6.92 Å². The van der Waals surface area contributed by atoms with E-state index in [9.17, 15) is 4.79 Å². The Balaban J connectivity index is 1.77. The van der Waals surface area contributed by atoms with Gasteiger partial charge in [0.1, 0.15) is 11.5 Å². The number of hydrogen-bond acceptors (Lipinski definition) is 4. The molecule has 2 rings (SSSR count). The molecule has 0 spiro atoms. The molecule has 0 aliphatic rings. The third-order valence-corrected chi connectivity index (χ3v) is 3.69. The van der Waals surface area contributed by atoms with Crippen LogP contribution < -0.4 is 20.1 Å². The summed E-state index contributed by atoms with van der Waals surface area (Å²) < 4.78 is 10.5. The fourth-order valence-electron chi connectivity index (χ4n) is 2.25. The number of methoxy groups -OCH3 is 2. The minimum Gasteiger partial charge on any atom is -0.497 e. The lowest BCUT2D eigenvalue weighted by molar-refractivity contribution is -0.121. The van der Waals surface area contributed by atoms with Crippen LogP contribution in [0.3, 0.4) is 0 Å². The van der Waals surface area contributed by atoms with Gasteiger partial charge in [-0.2, -0.15) is 0 Å². The number of ether oxygens (including phenoxy) is 2. The minimum atomic E-state index is 0.00977. The van der Waals surface area contributed by atoms with Gasteiger partial charge in [-0.3, -0.25) is 4.79 Å². The van der Waals surface area contributed by atoms with Gasteiger partial charge in [0.15, 0.2) is 0 Å². The molecule has 0 saturated heterocycles. The van der Waals surface area contributed by atoms with Crippen molar-refractivity contribution in [3.63, 3.8) is 0 Å². The molecule has 0 saturated carbocycles. The summed E-state index contributed by atoms with van der Waals surface area (Å²) in [5.41, 5.74) is 3.14. The zero-order valence-corrected chi connectivity index (χ0v) is 14.4. The average molecular weight is 328 g/mol. The molecule has 2 aromatic rings. The molecule has 0 bridgehead atoms. The molecule has 0 heterocycles. The highest BCUT2D eigenvalue weighted by Crippen LogP contribution is 2.28. The van der Waals surface area contributed by atoms with Crippen molar-refractivity contribution in [2.45, 2.75) is 19.9 Å². The van der Waals surface area contributed by atoms with E-state index in [0.29, 0.717) is 25.3 Å². The first-order chi connectivity index (χ1) is 11.6. The number of nitrogens with one attached hydrogen (secondary N) is 2. The van der Waals surface area contributed by atoms with Crippen molar-refractivity contribution in [2.75, 3.05) is 26.1 Å². The average Bonchev–Trinajstić information content (AvgIpc) is 2.61. The van der Waals surface area contributed by atoms with Crippen molar-refractivity contribution >= 4 is 11.6 Å². The molecule has 0 fully saturated rings. The van der Waals surface area contributed by atoms with Gasteiger partial charge < -0.3 is 20.1 Å². The maximum absolute atomic E-state index is 11.9. The van der Waals surface area contributed by atoms with Gasteiger partial charge in [-0.15, -0.1) is 0 Å². The topological polar surface area (TPSA) is 59.6 Å². The minimum absolute atomic E-state index is 0.00977. The highest BCUT2D eigenvalue weighted by molar-refractivity contribution is 5.76. The molecule has 128 valence electrons. The molecule has 0 radical (unpaired) electrons. The van der Waals surface area contributed by atoms with Crippen LogP contribution in [-0.2, 0) is 11.3 Å². The van der Waals surface area contributed by atoms with Gasteiger partial charge in [0, 0.05) is 25.6 Å². The summed E-state index contributed by atoms with van der Waals surface area (Å²) >= 11 is 0. The number of hydrogen-bond donors (Lipinski definition) is 2. The van der Waals surface area contributed by atoms with Gasteiger partial charge in [0.25, 0.3) is 0 Å². The van der Waals surface area contributed by atoms with Crippen LogP contribution in [0.25, 0.3) is 0 Å². The zero-order chi connectivity index (χ0) is 17.4. The van der Waals surface area contributed by atoms with Crippen molar-refractivity contribution in [3.8, 4) is 11.5 Å². The molecule has 0 unspecified atom stereocenters. The number of carbonyl (C=O) groups excluding carboxylic acids is 1. The Morgan fingerprint density at radius 3 is 2.46 bits per heavy atom. The third-order valence-electron chi connectivity index (χ3n) is 3.69. The second kappa shape index (κ2) is 8.82. The van der Waals surface area contributed by atoms with Crippen LogP contribution in [-0.4, -0.2) is 26.7 Å². The molecule has 0 aliphatic heterocycles. The van der Waals surface area contributed by atoms with Crippen LogP contribution in [0.15, 0.2) is 42.5 Å². The molecule has 0 aliphatic carbocycles. The summed E-state index contributed by atoms with van der Waals surface area (Å²) in [5.74, 6) is 1.43. The van der Waals surface area contributed by atoms with Crippen molar-refractivity contribution < 1.29 is 14.3 Å². The van der Waals surface area contributed by atoms with E-state index in [-0.39, 0.29) is 5.91 Å². The van der Waals surface area contributed by atoms with E-state index in [1.54, 1.807) is 20.3 Å². The predicted octanol–water partition coefficient (Wildman–Crippen LogP) is 3.13. The fourth-order valence-corrected chi connectivity index (χ4v) is 2.25. The van der Waals surface area contributed by atoms with E-state index < -0.39 is 0 Å². The molecular weight excluding hydrogens is 304 g/mol. The standard InChI is InChI=1S/C19H24N2O3/c1-14-4-6-15(7-5-14)13-21-19(22)10-11-20-17-9-8-16(23-2)12-18(17)24-3/h4-9,12,20H,10-11,13H2,1-3H3,(H,21,22). The molecule has 2 N–H and O–H groups in total. The molecule has 0 aromatic heterocycles. The second-order valence-electron chi connectivity index (χ2n) is 5.51. The largest absolute Gasteiger partial charge is 0.497 e. The van der Waals surface area contributed by atoms with E-state index in [0.717, 1.165) is 17.0 Å². The Bertz CT molecular complexity index is 669. The number of carbonyl (C=O) groups is 1. The molecule has 0 atom stereocenters. The highest BCUT2D eigenvalue weighted by Gasteiger charge is 2.06. The van der Waals surface area contributed by atoms with Crippen LogP contribution in [0.4, 0.5) is 5.69 Å². The van der Waals surface area contributed by atoms with Crippen molar-refractivity contribution in [1.82, 2.24) is 5.32 Å². The SMILES string of the molecule is COc1ccc(NCCC(=O)NCc2ccc(C)cc2)c(OC)c1. The summed E-state index contributed by atoms with van der Waals surface area (Å²) in [4.78, 5) is 11.9. The Hall–Kier alpha value is -2.69. The maximum Gasteiger partial charge on any atom is 0.222 e. The maximum atomic E-state index is 11.9. The van der Waals surface area contributed by atoms with Gasteiger partial charge in [0.2, 0.25) is 5.91 Å². The summed E-state index contributed by atoms with van der Waals surface area (Å²) in [6.45, 7) is 3.12. The lowest BCUT2D eigenvalue weighted by atomic mass is 10.1. The second-order valence-corrected chi connectivity index (χ2v) is 5.51. The summed E-state index contributed by atoms with van der Waals surface area (Å²) in [5, 5.41) is 6.13. The van der Waals surface area contributed by atoms with E-state index in [1.807, 2.05) is 43.3 Å². The number of rotatable bonds is 8. The van der Waals surface area contributed by atoms with Gasteiger partial charge in [-0.1, -0.05) is 29.8 Å². The van der Waals surface area contributed by atoms with E-state index in [4.69, 9.17) is 9.47 Å². The Kier molecular flexibility index (Phi) is 6.49. The van der Waals surface area contributed by atoms with E-state index >= 15 is 0 Å². The first-order valence-corrected chi connectivity index (χ1v) is 7.90. The Morgan fingerprint density at radius 2 is 1.79 bits per heavy atom. The van der Waals surface area contributed by atoms with E-state index in [2.05, 4.69) is 10.6 Å². The number of aryl methyl sites for hydroxylation is 1. The summed E-state index contributed by atoms with van der Waals surface area (Å²) in [7, 11) is 3.22. The van der Waals surface area contributed by atoms with Gasteiger partial charge in [-0.05, 0) is 24.6 Å². The molecule has 1 amide bonds. The number of amides is 1. The van der Waals surface area contributed by atoms with Crippen LogP contribution in [0.1, 0.15) is 17.5 Å². The molecular formula is C19H24N2O3. The molecule has 24 heavy (non-hydrogen) atoms. The predicted molar refractivity (Wildman–Crippen MR) is 95.7 cm³/mol. The number of anilines is 1. The monoisotopic (exact) mass is 328 g/mol. The zero-order valence-electron chi connectivity index (χ0n) is 14.4. The Morgan fingerprint density at radius 1 is 1.04 bits per heavy atom. The fraction of sp³-hybridized carbons (Fsp3) is 0.316. The summed E-state index contributed by atoms with van der Waals surface area (Å²) in [6, 6.07) is 13.7. The third kappa shape index (κ3) is 5.19. The first kappa shape index (κ1) is 17.7. The van der Waals surface area contributed by atoms with Gasteiger partial charge in [-0.25, -0.2) is 0 Å². The van der Waals surface area contributed by atoms with Gasteiger partial charge >= 0.3 is 0 Å².